The Labute approximate surface area is 102 Å². The van der Waals surface area contributed by atoms with Crippen LogP contribution in [0, 0.1) is 0 Å². The molecule has 0 aromatic heterocycles. The molecule has 90 valence electrons. The van der Waals surface area contributed by atoms with Gasteiger partial charge in [-0.2, -0.15) is 0 Å². The zero-order valence-electron chi connectivity index (χ0n) is 11.5. The SMILES string of the molecule is C=CC(=C/CC)/C(C=C)=C(C)\C=C/C.CC. The quantitative estimate of drug-likeness (QED) is 0.526. The third-order valence-electron chi connectivity index (χ3n) is 2.00. The van der Waals surface area contributed by atoms with Crippen LogP contribution in [0.15, 0.2) is 60.3 Å². The molecule has 0 spiro atoms. The summed E-state index contributed by atoms with van der Waals surface area (Å²) in [5, 5.41) is 0. The first-order valence-corrected chi connectivity index (χ1v) is 6.00. The molecule has 0 radical (unpaired) electrons. The molecule has 0 heterocycles. The van der Waals surface area contributed by atoms with Crippen LogP contribution >= 0.6 is 0 Å². The molecule has 0 rings (SSSR count). The summed E-state index contributed by atoms with van der Waals surface area (Å²) in [5.74, 6) is 0. The molecule has 0 atom stereocenters. The molecule has 0 heteroatoms. The zero-order chi connectivity index (χ0) is 13.0. The fourth-order valence-electron chi connectivity index (χ4n) is 1.37. The molecular formula is C16H26. The highest BCUT2D eigenvalue weighted by molar-refractivity contribution is 5.50. The van der Waals surface area contributed by atoms with E-state index in [0.717, 1.165) is 12.0 Å². The third kappa shape index (κ3) is 6.23. The third-order valence-corrected chi connectivity index (χ3v) is 2.00. The molecule has 0 saturated heterocycles. The predicted molar refractivity (Wildman–Crippen MR) is 77.6 cm³/mol. The van der Waals surface area contributed by atoms with E-state index in [2.05, 4.69) is 39.2 Å². The van der Waals surface area contributed by atoms with Gasteiger partial charge >= 0.3 is 0 Å². The monoisotopic (exact) mass is 218 g/mol. The summed E-state index contributed by atoms with van der Waals surface area (Å²) in [7, 11) is 0. The summed E-state index contributed by atoms with van der Waals surface area (Å²) in [6.07, 6.45) is 11.1. The van der Waals surface area contributed by atoms with Gasteiger partial charge in [0.2, 0.25) is 0 Å². The van der Waals surface area contributed by atoms with Crippen LogP contribution in [0.4, 0.5) is 0 Å². The van der Waals surface area contributed by atoms with E-state index in [4.69, 9.17) is 0 Å². The van der Waals surface area contributed by atoms with Gasteiger partial charge in [0.25, 0.3) is 0 Å². The van der Waals surface area contributed by atoms with E-state index in [1.165, 1.54) is 11.1 Å². The average Bonchev–Trinajstić information content (AvgIpc) is 2.32. The molecule has 0 aromatic carbocycles. The van der Waals surface area contributed by atoms with Gasteiger partial charge in [-0.3, -0.25) is 0 Å². The van der Waals surface area contributed by atoms with E-state index in [1.54, 1.807) is 0 Å². The highest BCUT2D eigenvalue weighted by Gasteiger charge is 1.99. The lowest BCUT2D eigenvalue weighted by atomic mass is 9.99. The Balaban J connectivity index is 0. The second-order valence-corrected chi connectivity index (χ2v) is 3.07. The molecule has 0 amide bonds. The Bertz CT molecular complexity index is 285. The Morgan fingerprint density at radius 1 is 1.12 bits per heavy atom. The van der Waals surface area contributed by atoms with Gasteiger partial charge in [0, 0.05) is 0 Å². The number of rotatable bonds is 5. The summed E-state index contributed by atoms with van der Waals surface area (Å²) < 4.78 is 0. The first kappa shape index (κ1) is 17.1. The average molecular weight is 218 g/mol. The van der Waals surface area contributed by atoms with E-state index in [1.807, 2.05) is 39.0 Å². The Morgan fingerprint density at radius 2 is 1.69 bits per heavy atom. The molecule has 0 aromatic rings. The van der Waals surface area contributed by atoms with E-state index in [9.17, 15) is 0 Å². The fourth-order valence-corrected chi connectivity index (χ4v) is 1.37. The van der Waals surface area contributed by atoms with Crippen LogP contribution in [0.25, 0.3) is 0 Å². The largest absolute Gasteiger partial charge is 0.0985 e. The number of hydrogen-bond donors (Lipinski definition) is 0. The fraction of sp³-hybridized carbons (Fsp3) is 0.375. The standard InChI is InChI=1S/C14H20.C2H6/c1-6-10-12(5)14(9-4)13(8-3)11-7-2;1-2/h6,8-11H,3-4,7H2,1-2,5H3;1-2H3/b10-6-,13-11-,14-12-;. The maximum atomic E-state index is 3.84. The van der Waals surface area contributed by atoms with E-state index >= 15 is 0 Å². The molecule has 0 nitrogen and oxygen atoms in total. The summed E-state index contributed by atoms with van der Waals surface area (Å²) in [5.41, 5.74) is 3.56. The van der Waals surface area contributed by atoms with Gasteiger partial charge in [-0.1, -0.05) is 64.3 Å². The van der Waals surface area contributed by atoms with E-state index in [-0.39, 0.29) is 0 Å². The Kier molecular flexibility index (Phi) is 12.6. The molecule has 0 N–H and O–H groups in total. The van der Waals surface area contributed by atoms with E-state index in [0.29, 0.717) is 0 Å². The van der Waals surface area contributed by atoms with Gasteiger partial charge < -0.3 is 0 Å². The van der Waals surface area contributed by atoms with Crippen LogP contribution in [0.2, 0.25) is 0 Å². The lowest BCUT2D eigenvalue weighted by molar-refractivity contribution is 1.20. The lowest BCUT2D eigenvalue weighted by Gasteiger charge is -2.06. The summed E-state index contributed by atoms with van der Waals surface area (Å²) in [6, 6.07) is 0. The smallest absolute Gasteiger partial charge is 0.0164 e. The van der Waals surface area contributed by atoms with Crippen molar-refractivity contribution in [3.8, 4) is 0 Å². The minimum absolute atomic E-state index is 1.02. The first-order chi connectivity index (χ1) is 7.71. The second-order valence-electron chi connectivity index (χ2n) is 3.07. The number of hydrogen-bond acceptors (Lipinski definition) is 0. The van der Waals surface area contributed by atoms with Crippen LogP contribution in [0.1, 0.15) is 41.0 Å². The molecular weight excluding hydrogens is 192 g/mol. The van der Waals surface area contributed by atoms with Crippen molar-refractivity contribution in [2.75, 3.05) is 0 Å². The van der Waals surface area contributed by atoms with Crippen molar-refractivity contribution in [3.05, 3.63) is 60.3 Å². The van der Waals surface area contributed by atoms with Gasteiger partial charge in [0.15, 0.2) is 0 Å². The summed E-state index contributed by atoms with van der Waals surface area (Å²) in [4.78, 5) is 0. The summed E-state index contributed by atoms with van der Waals surface area (Å²) in [6.45, 7) is 17.9. The summed E-state index contributed by atoms with van der Waals surface area (Å²) >= 11 is 0. The van der Waals surface area contributed by atoms with Crippen LogP contribution in [0.3, 0.4) is 0 Å². The maximum Gasteiger partial charge on any atom is -0.0164 e. The zero-order valence-corrected chi connectivity index (χ0v) is 11.5. The van der Waals surface area contributed by atoms with Crippen molar-refractivity contribution >= 4 is 0 Å². The van der Waals surface area contributed by atoms with Gasteiger partial charge in [-0.25, -0.2) is 0 Å². The van der Waals surface area contributed by atoms with E-state index < -0.39 is 0 Å². The van der Waals surface area contributed by atoms with Crippen molar-refractivity contribution in [2.45, 2.75) is 41.0 Å². The van der Waals surface area contributed by atoms with Crippen LogP contribution in [-0.2, 0) is 0 Å². The van der Waals surface area contributed by atoms with Crippen molar-refractivity contribution in [2.24, 2.45) is 0 Å². The molecule has 0 aliphatic carbocycles. The molecule has 16 heavy (non-hydrogen) atoms. The predicted octanol–water partition coefficient (Wildman–Crippen LogP) is 5.61. The molecule has 0 fully saturated rings. The highest BCUT2D eigenvalue weighted by Crippen LogP contribution is 2.18. The maximum absolute atomic E-state index is 3.84. The van der Waals surface area contributed by atoms with Gasteiger partial charge in [-0.05, 0) is 37.0 Å². The Morgan fingerprint density at radius 3 is 2.00 bits per heavy atom. The first-order valence-electron chi connectivity index (χ1n) is 6.00. The molecule has 0 aliphatic heterocycles. The molecule has 0 saturated carbocycles. The normalized spacial score (nSPS) is 12.7. The topological polar surface area (TPSA) is 0 Å². The van der Waals surface area contributed by atoms with Crippen LogP contribution in [-0.4, -0.2) is 0 Å². The van der Waals surface area contributed by atoms with Crippen molar-refractivity contribution in [1.29, 1.82) is 0 Å². The van der Waals surface area contributed by atoms with Gasteiger partial charge in [0.05, 0.1) is 0 Å². The number of allylic oxidation sites excluding steroid dienone is 8. The van der Waals surface area contributed by atoms with Crippen LogP contribution < -0.4 is 0 Å². The molecule has 0 aliphatic rings. The minimum atomic E-state index is 1.02. The van der Waals surface area contributed by atoms with Crippen molar-refractivity contribution < 1.29 is 0 Å². The van der Waals surface area contributed by atoms with Crippen molar-refractivity contribution in [1.82, 2.24) is 0 Å². The van der Waals surface area contributed by atoms with Gasteiger partial charge in [0.1, 0.15) is 0 Å². The lowest BCUT2D eigenvalue weighted by Crippen LogP contribution is -1.86. The second kappa shape index (κ2) is 11.8. The molecule has 0 bridgehead atoms. The van der Waals surface area contributed by atoms with Gasteiger partial charge in [-0.15, -0.1) is 0 Å². The van der Waals surface area contributed by atoms with Crippen LogP contribution in [0.5, 0.6) is 0 Å². The highest BCUT2D eigenvalue weighted by atomic mass is 14.0. The Hall–Kier alpha value is -1.30. The molecule has 0 unspecified atom stereocenters. The van der Waals surface area contributed by atoms with Crippen molar-refractivity contribution in [3.63, 3.8) is 0 Å². The minimum Gasteiger partial charge on any atom is -0.0985 e.